The molecule has 0 aliphatic heterocycles. The number of hydrogen-bond donors (Lipinski definition) is 3. The van der Waals surface area contributed by atoms with E-state index in [1.807, 2.05) is 35.0 Å². The molecule has 1 aromatic heterocycles. The Hall–Kier alpha value is -2.97. The van der Waals surface area contributed by atoms with E-state index in [0.29, 0.717) is 23.6 Å². The SMILES string of the molecule is COc1c(C(N)=O)ccc2c1ccn2Cc1ccc(OB(O)O)cc1. The second kappa shape index (κ2) is 6.88. The standard InChI is InChI=1S/C17H17BN2O5/c1-24-16-13-8-9-20(15(13)7-6-14(16)17(19)21)10-11-2-4-12(5-3-11)25-18(22)23/h2-9,22-23H,10H2,1H3,(H2,19,21). The number of rotatable bonds is 6. The van der Waals surface area contributed by atoms with E-state index in [1.165, 1.54) is 7.11 Å². The number of carbonyl (C=O) groups excluding carboxylic acids is 1. The van der Waals surface area contributed by atoms with Gasteiger partial charge in [0.1, 0.15) is 11.5 Å². The zero-order valence-corrected chi connectivity index (χ0v) is 13.5. The number of fused-ring (bicyclic) bond motifs is 1. The predicted molar refractivity (Wildman–Crippen MR) is 93.4 cm³/mol. The quantitative estimate of drug-likeness (QED) is 0.584. The number of ether oxygens (including phenoxy) is 1. The Morgan fingerprint density at radius 2 is 1.88 bits per heavy atom. The van der Waals surface area contributed by atoms with Crippen LogP contribution in [0.1, 0.15) is 15.9 Å². The average Bonchev–Trinajstić information content (AvgIpc) is 2.98. The van der Waals surface area contributed by atoms with Crippen LogP contribution in [0.3, 0.4) is 0 Å². The molecule has 128 valence electrons. The minimum Gasteiger partial charge on any atom is -0.512 e. The number of carbonyl (C=O) groups is 1. The van der Waals surface area contributed by atoms with E-state index in [2.05, 4.69) is 0 Å². The summed E-state index contributed by atoms with van der Waals surface area (Å²) in [4.78, 5) is 11.5. The average molecular weight is 340 g/mol. The smallest absolute Gasteiger partial charge is 0.512 e. The summed E-state index contributed by atoms with van der Waals surface area (Å²) in [6.07, 6.45) is 1.90. The second-order valence-electron chi connectivity index (χ2n) is 5.48. The lowest BCUT2D eigenvalue weighted by Gasteiger charge is -2.10. The lowest BCUT2D eigenvalue weighted by molar-refractivity contribution is 0.0997. The summed E-state index contributed by atoms with van der Waals surface area (Å²) in [6.45, 7) is 0.588. The van der Waals surface area contributed by atoms with Crippen molar-refractivity contribution in [2.45, 2.75) is 6.54 Å². The van der Waals surface area contributed by atoms with Gasteiger partial charge in [0.2, 0.25) is 0 Å². The lowest BCUT2D eigenvalue weighted by atomic mass is 10.1. The summed E-state index contributed by atoms with van der Waals surface area (Å²) in [5.41, 5.74) is 7.64. The molecule has 0 aliphatic rings. The van der Waals surface area contributed by atoms with Crippen molar-refractivity contribution in [3.8, 4) is 11.5 Å². The molecule has 0 atom stereocenters. The maximum absolute atomic E-state index is 11.5. The highest BCUT2D eigenvalue weighted by atomic mass is 16.6. The number of methoxy groups -OCH3 is 1. The first-order valence-electron chi connectivity index (χ1n) is 7.57. The van der Waals surface area contributed by atoms with Crippen LogP contribution < -0.4 is 15.1 Å². The van der Waals surface area contributed by atoms with Crippen molar-refractivity contribution in [2.24, 2.45) is 5.73 Å². The van der Waals surface area contributed by atoms with Gasteiger partial charge in [-0.05, 0) is 35.9 Å². The van der Waals surface area contributed by atoms with Crippen molar-refractivity contribution in [2.75, 3.05) is 7.11 Å². The van der Waals surface area contributed by atoms with Gasteiger partial charge in [-0.3, -0.25) is 4.79 Å². The van der Waals surface area contributed by atoms with Gasteiger partial charge in [-0.2, -0.15) is 0 Å². The predicted octanol–water partition coefficient (Wildman–Crippen LogP) is 1.15. The zero-order chi connectivity index (χ0) is 18.0. The van der Waals surface area contributed by atoms with Crippen molar-refractivity contribution < 1.29 is 24.2 Å². The summed E-state index contributed by atoms with van der Waals surface area (Å²) >= 11 is 0. The first kappa shape index (κ1) is 16.9. The molecule has 0 unspecified atom stereocenters. The van der Waals surface area contributed by atoms with Gasteiger partial charge in [-0.1, -0.05) is 12.1 Å². The van der Waals surface area contributed by atoms with Crippen molar-refractivity contribution in [3.05, 3.63) is 59.8 Å². The Balaban J connectivity index is 1.91. The third-order valence-electron chi connectivity index (χ3n) is 3.89. The van der Waals surface area contributed by atoms with Crippen LogP contribution in [0.5, 0.6) is 11.5 Å². The van der Waals surface area contributed by atoms with Gasteiger partial charge in [-0.25, -0.2) is 0 Å². The molecule has 0 radical (unpaired) electrons. The van der Waals surface area contributed by atoms with Crippen LogP contribution in [0.25, 0.3) is 10.9 Å². The Bertz CT molecular complexity index is 905. The highest BCUT2D eigenvalue weighted by molar-refractivity contribution is 6.33. The number of nitrogens with two attached hydrogens (primary N) is 1. The van der Waals surface area contributed by atoms with Gasteiger partial charge in [0, 0.05) is 18.1 Å². The summed E-state index contributed by atoms with van der Waals surface area (Å²) in [5, 5.41) is 18.4. The fourth-order valence-electron chi connectivity index (χ4n) is 2.79. The molecule has 3 aromatic rings. The van der Waals surface area contributed by atoms with Gasteiger partial charge in [-0.15, -0.1) is 0 Å². The molecular weight excluding hydrogens is 323 g/mol. The molecule has 0 bridgehead atoms. The maximum atomic E-state index is 11.5. The van der Waals surface area contributed by atoms with Crippen LogP contribution in [-0.2, 0) is 6.54 Å². The van der Waals surface area contributed by atoms with Gasteiger partial charge < -0.3 is 29.7 Å². The van der Waals surface area contributed by atoms with Crippen molar-refractivity contribution >= 4 is 24.1 Å². The molecule has 0 aliphatic carbocycles. The van der Waals surface area contributed by atoms with Crippen LogP contribution in [0.2, 0.25) is 0 Å². The van der Waals surface area contributed by atoms with E-state index in [9.17, 15) is 4.79 Å². The molecule has 25 heavy (non-hydrogen) atoms. The van der Waals surface area contributed by atoms with Gasteiger partial charge in [0.15, 0.2) is 0 Å². The van der Waals surface area contributed by atoms with Crippen LogP contribution in [0, 0.1) is 0 Å². The molecule has 1 amide bonds. The number of nitrogens with zero attached hydrogens (tertiary/aromatic N) is 1. The minimum atomic E-state index is -1.84. The Morgan fingerprint density at radius 3 is 2.48 bits per heavy atom. The molecule has 8 heteroatoms. The van der Waals surface area contributed by atoms with E-state index >= 15 is 0 Å². The van der Waals surface area contributed by atoms with Gasteiger partial charge >= 0.3 is 7.32 Å². The molecule has 0 saturated carbocycles. The fraction of sp³-hybridized carbons (Fsp3) is 0.118. The third kappa shape index (κ3) is 3.45. The molecule has 0 saturated heterocycles. The summed E-state index contributed by atoms with van der Waals surface area (Å²) in [7, 11) is -0.335. The summed E-state index contributed by atoms with van der Waals surface area (Å²) in [6, 6.07) is 12.3. The lowest BCUT2D eigenvalue weighted by Crippen LogP contribution is -2.20. The molecule has 7 nitrogen and oxygen atoms in total. The first-order valence-corrected chi connectivity index (χ1v) is 7.57. The highest BCUT2D eigenvalue weighted by Crippen LogP contribution is 2.31. The molecule has 0 spiro atoms. The van der Waals surface area contributed by atoms with E-state index < -0.39 is 13.2 Å². The third-order valence-corrected chi connectivity index (χ3v) is 3.89. The van der Waals surface area contributed by atoms with Crippen molar-refractivity contribution in [1.82, 2.24) is 4.57 Å². The van der Waals surface area contributed by atoms with Crippen molar-refractivity contribution in [1.29, 1.82) is 0 Å². The number of hydrogen-bond acceptors (Lipinski definition) is 5. The van der Waals surface area contributed by atoms with E-state index in [1.54, 1.807) is 18.2 Å². The number of benzene rings is 2. The topological polar surface area (TPSA) is 107 Å². The van der Waals surface area contributed by atoms with Gasteiger partial charge in [0.05, 0.1) is 18.2 Å². The normalized spacial score (nSPS) is 10.7. The molecule has 3 rings (SSSR count). The van der Waals surface area contributed by atoms with E-state index in [-0.39, 0.29) is 0 Å². The van der Waals surface area contributed by atoms with Crippen LogP contribution in [0.4, 0.5) is 0 Å². The van der Waals surface area contributed by atoms with Gasteiger partial charge in [0.25, 0.3) is 5.91 Å². The molecule has 4 N–H and O–H groups in total. The van der Waals surface area contributed by atoms with E-state index in [4.69, 9.17) is 25.2 Å². The molecule has 1 heterocycles. The number of amides is 1. The summed E-state index contributed by atoms with van der Waals surface area (Å²) < 4.78 is 12.2. The highest BCUT2D eigenvalue weighted by Gasteiger charge is 2.15. The largest absolute Gasteiger partial charge is 0.707 e. The fourth-order valence-corrected chi connectivity index (χ4v) is 2.79. The molecule has 0 fully saturated rings. The molecular formula is C17H17BN2O5. The van der Waals surface area contributed by atoms with E-state index in [0.717, 1.165) is 16.5 Å². The first-order chi connectivity index (χ1) is 12.0. The van der Waals surface area contributed by atoms with Crippen LogP contribution in [0.15, 0.2) is 48.7 Å². The monoisotopic (exact) mass is 340 g/mol. The minimum absolute atomic E-state index is 0.344. The zero-order valence-electron chi connectivity index (χ0n) is 13.5. The molecule has 2 aromatic carbocycles. The number of primary amides is 1. The Labute approximate surface area is 144 Å². The van der Waals surface area contributed by atoms with Crippen molar-refractivity contribution in [3.63, 3.8) is 0 Å². The number of aromatic nitrogens is 1. The Kier molecular flexibility index (Phi) is 4.64. The van der Waals surface area contributed by atoms with Crippen LogP contribution >= 0.6 is 0 Å². The Morgan fingerprint density at radius 1 is 1.16 bits per heavy atom. The maximum Gasteiger partial charge on any atom is 0.707 e. The second-order valence-corrected chi connectivity index (χ2v) is 5.48. The van der Waals surface area contributed by atoms with Crippen LogP contribution in [-0.4, -0.2) is 35.0 Å². The summed E-state index contributed by atoms with van der Waals surface area (Å²) in [5.74, 6) is 0.293.